The Labute approximate surface area is 137 Å². The van der Waals surface area contributed by atoms with Crippen LogP contribution in [-0.2, 0) is 6.54 Å². The van der Waals surface area contributed by atoms with Crippen LogP contribution >= 0.6 is 11.6 Å². The van der Waals surface area contributed by atoms with Gasteiger partial charge in [0.15, 0.2) is 0 Å². The first kappa shape index (κ1) is 15.2. The van der Waals surface area contributed by atoms with Crippen molar-refractivity contribution < 1.29 is 14.4 Å². The highest BCUT2D eigenvalue weighted by atomic mass is 35.5. The zero-order valence-corrected chi connectivity index (χ0v) is 13.1. The number of hydrogen-bond acceptors (Lipinski definition) is 3. The second-order valence-electron chi connectivity index (χ2n) is 5.20. The fourth-order valence-corrected chi connectivity index (χ4v) is 2.62. The zero-order valence-electron chi connectivity index (χ0n) is 12.3. The van der Waals surface area contributed by atoms with Crippen LogP contribution in [0.5, 0.6) is 0 Å². The summed E-state index contributed by atoms with van der Waals surface area (Å²) >= 11 is 6.04. The minimum Gasteiger partial charge on any atom is -0.348 e. The Morgan fingerprint density at radius 1 is 1.09 bits per heavy atom. The normalized spacial score (nSPS) is 13.2. The average molecular weight is 329 g/mol. The quantitative estimate of drug-likeness (QED) is 0.880. The number of hydrogen-bond donors (Lipinski definition) is 1. The standard InChI is InChI=1S/C17H13ClN2O3/c1-20-16(22)12-7-6-10(8-13(12)17(20)23)15(21)19-9-11-4-2-3-5-14(11)18/h2-8H,9H2,1H3,(H,19,21). The van der Waals surface area contributed by atoms with Crippen molar-refractivity contribution in [2.45, 2.75) is 6.54 Å². The van der Waals surface area contributed by atoms with Crippen molar-refractivity contribution in [3.8, 4) is 0 Å². The minimum absolute atomic E-state index is 0.253. The van der Waals surface area contributed by atoms with Gasteiger partial charge in [-0.05, 0) is 29.8 Å². The summed E-state index contributed by atoms with van der Waals surface area (Å²) in [6.07, 6.45) is 0. The Kier molecular flexibility index (Phi) is 3.88. The van der Waals surface area contributed by atoms with E-state index >= 15 is 0 Å². The monoisotopic (exact) mass is 328 g/mol. The minimum atomic E-state index is -0.397. The van der Waals surface area contributed by atoms with Gasteiger partial charge in [-0.15, -0.1) is 0 Å². The molecule has 2 aromatic carbocycles. The van der Waals surface area contributed by atoms with Gasteiger partial charge in [0.1, 0.15) is 0 Å². The molecule has 1 heterocycles. The summed E-state index contributed by atoms with van der Waals surface area (Å²) in [6.45, 7) is 0.280. The molecule has 0 aliphatic carbocycles. The van der Waals surface area contributed by atoms with E-state index in [0.717, 1.165) is 10.5 Å². The van der Waals surface area contributed by atoms with Gasteiger partial charge >= 0.3 is 0 Å². The number of fused-ring (bicyclic) bond motifs is 1. The molecule has 3 rings (SSSR count). The number of nitrogens with zero attached hydrogens (tertiary/aromatic N) is 1. The Morgan fingerprint density at radius 2 is 1.78 bits per heavy atom. The second-order valence-corrected chi connectivity index (χ2v) is 5.61. The molecule has 3 amide bonds. The molecule has 0 spiro atoms. The highest BCUT2D eigenvalue weighted by Gasteiger charge is 2.33. The van der Waals surface area contributed by atoms with E-state index in [9.17, 15) is 14.4 Å². The number of nitrogens with one attached hydrogen (secondary N) is 1. The van der Waals surface area contributed by atoms with E-state index < -0.39 is 5.91 Å². The lowest BCUT2D eigenvalue weighted by Crippen LogP contribution is -2.24. The summed E-state index contributed by atoms with van der Waals surface area (Å²) in [5.41, 5.74) is 1.70. The Morgan fingerprint density at radius 3 is 2.52 bits per heavy atom. The Bertz CT molecular complexity index is 832. The molecule has 116 valence electrons. The van der Waals surface area contributed by atoms with Crippen LogP contribution in [0.25, 0.3) is 0 Å². The molecule has 5 nitrogen and oxygen atoms in total. The highest BCUT2D eigenvalue weighted by molar-refractivity contribution is 6.31. The van der Waals surface area contributed by atoms with E-state index in [1.165, 1.54) is 25.2 Å². The van der Waals surface area contributed by atoms with Crippen molar-refractivity contribution in [2.24, 2.45) is 0 Å². The van der Waals surface area contributed by atoms with Gasteiger partial charge in [-0.2, -0.15) is 0 Å². The fourth-order valence-electron chi connectivity index (χ4n) is 2.42. The van der Waals surface area contributed by atoms with Gasteiger partial charge in [0, 0.05) is 24.2 Å². The third-order valence-electron chi connectivity index (χ3n) is 3.75. The van der Waals surface area contributed by atoms with Crippen molar-refractivity contribution in [1.82, 2.24) is 10.2 Å². The van der Waals surface area contributed by atoms with Gasteiger partial charge in [0.25, 0.3) is 17.7 Å². The molecule has 1 N–H and O–H groups in total. The third-order valence-corrected chi connectivity index (χ3v) is 4.12. The molecule has 0 unspecified atom stereocenters. The topological polar surface area (TPSA) is 66.5 Å². The van der Waals surface area contributed by atoms with Gasteiger partial charge in [0.05, 0.1) is 11.1 Å². The number of imide groups is 1. The van der Waals surface area contributed by atoms with Crippen molar-refractivity contribution in [2.75, 3.05) is 7.05 Å². The maximum atomic E-state index is 12.2. The fraction of sp³-hybridized carbons (Fsp3) is 0.118. The van der Waals surface area contributed by atoms with Gasteiger partial charge in [-0.25, -0.2) is 0 Å². The smallest absolute Gasteiger partial charge is 0.261 e. The first-order chi connectivity index (χ1) is 11.0. The maximum absolute atomic E-state index is 12.2. The predicted molar refractivity (Wildman–Crippen MR) is 85.5 cm³/mol. The second kappa shape index (κ2) is 5.85. The van der Waals surface area contributed by atoms with Gasteiger partial charge < -0.3 is 5.32 Å². The summed E-state index contributed by atoms with van der Waals surface area (Å²) < 4.78 is 0. The van der Waals surface area contributed by atoms with Crippen molar-refractivity contribution in [3.63, 3.8) is 0 Å². The lowest BCUT2D eigenvalue weighted by molar-refractivity contribution is 0.0693. The molecule has 6 heteroatoms. The molecule has 0 saturated heterocycles. The number of benzene rings is 2. The lowest BCUT2D eigenvalue weighted by atomic mass is 10.1. The largest absolute Gasteiger partial charge is 0.348 e. The van der Waals surface area contributed by atoms with Crippen molar-refractivity contribution in [1.29, 1.82) is 0 Å². The van der Waals surface area contributed by atoms with Crippen LogP contribution in [0, 0.1) is 0 Å². The van der Waals surface area contributed by atoms with Crippen LogP contribution in [0.15, 0.2) is 42.5 Å². The van der Waals surface area contributed by atoms with Gasteiger partial charge in [0.2, 0.25) is 0 Å². The van der Waals surface area contributed by atoms with E-state index in [-0.39, 0.29) is 23.9 Å². The molecule has 23 heavy (non-hydrogen) atoms. The van der Waals surface area contributed by atoms with E-state index in [1.54, 1.807) is 6.07 Å². The molecule has 0 saturated carbocycles. The van der Waals surface area contributed by atoms with E-state index in [4.69, 9.17) is 11.6 Å². The molecule has 1 aliphatic heterocycles. The van der Waals surface area contributed by atoms with Crippen LogP contribution in [-0.4, -0.2) is 29.7 Å². The van der Waals surface area contributed by atoms with E-state index in [2.05, 4.69) is 5.32 Å². The summed E-state index contributed by atoms with van der Waals surface area (Å²) in [6, 6.07) is 11.7. The molecule has 1 aliphatic rings. The molecule has 0 fully saturated rings. The van der Waals surface area contributed by atoms with Gasteiger partial charge in [-0.1, -0.05) is 29.8 Å². The van der Waals surface area contributed by atoms with Crippen LogP contribution in [0.4, 0.5) is 0 Å². The highest BCUT2D eigenvalue weighted by Crippen LogP contribution is 2.23. The third kappa shape index (κ3) is 2.71. The molecule has 0 atom stereocenters. The summed E-state index contributed by atoms with van der Waals surface area (Å²) in [7, 11) is 1.42. The number of carbonyl (C=O) groups is 3. The zero-order chi connectivity index (χ0) is 16.6. The van der Waals surface area contributed by atoms with Crippen LogP contribution in [0.2, 0.25) is 5.02 Å². The maximum Gasteiger partial charge on any atom is 0.261 e. The Hall–Kier alpha value is -2.66. The number of rotatable bonds is 3. The number of carbonyl (C=O) groups excluding carboxylic acids is 3. The van der Waals surface area contributed by atoms with Crippen LogP contribution in [0.1, 0.15) is 36.6 Å². The number of amides is 3. The lowest BCUT2D eigenvalue weighted by Gasteiger charge is -2.07. The van der Waals surface area contributed by atoms with Crippen LogP contribution in [0.3, 0.4) is 0 Å². The molecule has 0 radical (unpaired) electrons. The first-order valence-electron chi connectivity index (χ1n) is 6.97. The summed E-state index contributed by atoms with van der Waals surface area (Å²) in [5.74, 6) is -1.08. The van der Waals surface area contributed by atoms with Crippen LogP contribution < -0.4 is 5.32 Å². The Balaban J connectivity index is 1.78. The van der Waals surface area contributed by atoms with Crippen molar-refractivity contribution in [3.05, 3.63) is 69.7 Å². The van der Waals surface area contributed by atoms with E-state index in [0.29, 0.717) is 16.1 Å². The first-order valence-corrected chi connectivity index (χ1v) is 7.35. The van der Waals surface area contributed by atoms with Crippen molar-refractivity contribution >= 4 is 29.3 Å². The summed E-state index contributed by atoms with van der Waals surface area (Å²) in [4.78, 5) is 37.1. The molecule has 2 aromatic rings. The molecule has 0 bridgehead atoms. The molecule has 0 aromatic heterocycles. The predicted octanol–water partition coefficient (Wildman–Crippen LogP) is 2.50. The number of halogens is 1. The molecular formula is C17H13ClN2O3. The molecular weight excluding hydrogens is 316 g/mol. The van der Waals surface area contributed by atoms with Gasteiger partial charge in [-0.3, -0.25) is 19.3 Å². The summed E-state index contributed by atoms with van der Waals surface area (Å²) in [5, 5.41) is 3.32. The average Bonchev–Trinajstić information content (AvgIpc) is 2.78. The van der Waals surface area contributed by atoms with E-state index in [1.807, 2.05) is 18.2 Å². The SMILES string of the molecule is CN1C(=O)c2ccc(C(=O)NCc3ccccc3Cl)cc2C1=O.